The van der Waals surface area contributed by atoms with Gasteiger partial charge >= 0.3 is 0 Å². The number of Topliss-reactive ketones (excluding diaryl/α,β-unsaturated/α-hetero) is 1. The zero-order valence-electron chi connectivity index (χ0n) is 9.93. The number of methoxy groups -OCH3 is 1. The average molecular weight is 222 g/mol. The fourth-order valence-electron chi connectivity index (χ4n) is 1.25. The van der Waals surface area contributed by atoms with Gasteiger partial charge < -0.3 is 10.5 Å². The zero-order chi connectivity index (χ0) is 12.1. The van der Waals surface area contributed by atoms with Gasteiger partial charge in [0, 0.05) is 24.2 Å². The lowest BCUT2D eigenvalue weighted by molar-refractivity contribution is 0.0967. The Kier molecular flexibility index (Phi) is 4.43. The fraction of sp³-hybridized carbons (Fsp3) is 0.500. The Hall–Kier alpha value is -1.42. The Morgan fingerprint density at radius 1 is 1.50 bits per heavy atom. The zero-order valence-corrected chi connectivity index (χ0v) is 9.93. The van der Waals surface area contributed by atoms with Crippen molar-refractivity contribution in [2.75, 3.05) is 7.11 Å². The van der Waals surface area contributed by atoms with Crippen LogP contribution in [0.1, 0.15) is 30.6 Å². The molecule has 0 saturated heterocycles. The molecule has 1 atom stereocenters. The van der Waals surface area contributed by atoms with Crippen molar-refractivity contribution in [1.29, 1.82) is 0 Å². The SMILES string of the molecule is COc1cncc(C(=O)CC(N)C(C)C)c1. The normalized spacial score (nSPS) is 12.6. The third-order valence-electron chi connectivity index (χ3n) is 2.55. The van der Waals surface area contributed by atoms with Crippen LogP contribution in [0.5, 0.6) is 5.75 Å². The molecule has 2 N–H and O–H groups in total. The molecule has 0 aliphatic carbocycles. The highest BCUT2D eigenvalue weighted by molar-refractivity contribution is 5.96. The van der Waals surface area contributed by atoms with Gasteiger partial charge in [0.25, 0.3) is 0 Å². The number of nitrogens with zero attached hydrogens (tertiary/aromatic N) is 1. The molecule has 0 spiro atoms. The number of hydrogen-bond donors (Lipinski definition) is 1. The van der Waals surface area contributed by atoms with Crippen molar-refractivity contribution < 1.29 is 9.53 Å². The lowest BCUT2D eigenvalue weighted by atomic mass is 9.97. The van der Waals surface area contributed by atoms with Crippen LogP contribution in [0.25, 0.3) is 0 Å². The monoisotopic (exact) mass is 222 g/mol. The van der Waals surface area contributed by atoms with Crippen molar-refractivity contribution in [3.05, 3.63) is 24.0 Å². The van der Waals surface area contributed by atoms with Crippen LogP contribution in [0.2, 0.25) is 0 Å². The molecule has 0 aromatic carbocycles. The Morgan fingerprint density at radius 3 is 2.75 bits per heavy atom. The molecule has 0 radical (unpaired) electrons. The summed E-state index contributed by atoms with van der Waals surface area (Å²) in [7, 11) is 1.55. The second-order valence-corrected chi connectivity index (χ2v) is 4.15. The molecule has 1 rings (SSSR count). The van der Waals surface area contributed by atoms with E-state index >= 15 is 0 Å². The van der Waals surface area contributed by atoms with Gasteiger partial charge in [-0.05, 0) is 12.0 Å². The molecule has 4 heteroatoms. The summed E-state index contributed by atoms with van der Waals surface area (Å²) >= 11 is 0. The summed E-state index contributed by atoms with van der Waals surface area (Å²) in [5, 5.41) is 0. The first-order chi connectivity index (χ1) is 7.54. The van der Waals surface area contributed by atoms with Crippen molar-refractivity contribution in [2.24, 2.45) is 11.7 Å². The van der Waals surface area contributed by atoms with Gasteiger partial charge in [0.15, 0.2) is 5.78 Å². The van der Waals surface area contributed by atoms with E-state index in [0.29, 0.717) is 23.7 Å². The van der Waals surface area contributed by atoms with Crippen molar-refractivity contribution in [3.8, 4) is 5.75 Å². The molecule has 0 aliphatic rings. The van der Waals surface area contributed by atoms with Crippen LogP contribution in [0.4, 0.5) is 0 Å². The highest BCUT2D eigenvalue weighted by atomic mass is 16.5. The van der Waals surface area contributed by atoms with Crippen LogP contribution >= 0.6 is 0 Å². The van der Waals surface area contributed by atoms with E-state index in [9.17, 15) is 4.79 Å². The van der Waals surface area contributed by atoms with Gasteiger partial charge in [-0.2, -0.15) is 0 Å². The van der Waals surface area contributed by atoms with Gasteiger partial charge in [-0.1, -0.05) is 13.8 Å². The van der Waals surface area contributed by atoms with Crippen molar-refractivity contribution in [2.45, 2.75) is 26.3 Å². The molecule has 16 heavy (non-hydrogen) atoms. The first-order valence-electron chi connectivity index (χ1n) is 5.32. The summed E-state index contributed by atoms with van der Waals surface area (Å²) in [6.07, 6.45) is 3.45. The Bertz CT molecular complexity index is 364. The number of hydrogen-bond acceptors (Lipinski definition) is 4. The van der Waals surface area contributed by atoms with Gasteiger partial charge in [-0.25, -0.2) is 0 Å². The number of pyridine rings is 1. The molecule has 4 nitrogen and oxygen atoms in total. The highest BCUT2D eigenvalue weighted by Crippen LogP contribution is 2.14. The van der Waals surface area contributed by atoms with Crippen LogP contribution in [0.15, 0.2) is 18.5 Å². The van der Waals surface area contributed by atoms with E-state index in [1.807, 2.05) is 13.8 Å². The van der Waals surface area contributed by atoms with E-state index in [-0.39, 0.29) is 11.8 Å². The molecular formula is C12H18N2O2. The van der Waals surface area contributed by atoms with E-state index in [2.05, 4.69) is 4.98 Å². The summed E-state index contributed by atoms with van der Waals surface area (Å²) in [6.45, 7) is 4.00. The Labute approximate surface area is 95.8 Å². The summed E-state index contributed by atoms with van der Waals surface area (Å²) in [5.41, 5.74) is 6.40. The van der Waals surface area contributed by atoms with Crippen molar-refractivity contribution in [3.63, 3.8) is 0 Å². The quantitative estimate of drug-likeness (QED) is 0.769. The molecule has 1 unspecified atom stereocenters. The molecule has 88 valence electrons. The maximum atomic E-state index is 11.9. The second kappa shape index (κ2) is 5.61. The smallest absolute Gasteiger partial charge is 0.166 e. The molecule has 0 amide bonds. The molecule has 1 aromatic rings. The van der Waals surface area contributed by atoms with Crippen LogP contribution in [0.3, 0.4) is 0 Å². The number of ketones is 1. The van der Waals surface area contributed by atoms with Crippen molar-refractivity contribution >= 4 is 5.78 Å². The number of ether oxygens (including phenoxy) is 1. The molecule has 0 saturated carbocycles. The van der Waals surface area contributed by atoms with Crippen LogP contribution < -0.4 is 10.5 Å². The number of nitrogens with two attached hydrogens (primary N) is 1. The van der Waals surface area contributed by atoms with Crippen LogP contribution in [0, 0.1) is 5.92 Å². The summed E-state index contributed by atoms with van der Waals surface area (Å²) in [6, 6.07) is 1.57. The predicted octanol–water partition coefficient (Wildman–Crippen LogP) is 1.65. The van der Waals surface area contributed by atoms with Gasteiger partial charge in [0.05, 0.1) is 13.3 Å². The van der Waals surface area contributed by atoms with Crippen LogP contribution in [-0.4, -0.2) is 23.9 Å². The van der Waals surface area contributed by atoms with Gasteiger partial charge in [0.1, 0.15) is 5.75 Å². The Balaban J connectivity index is 2.72. The number of rotatable bonds is 5. The molecule has 1 aromatic heterocycles. The number of carbonyl (C=O) groups is 1. The minimum Gasteiger partial charge on any atom is -0.495 e. The molecular weight excluding hydrogens is 204 g/mol. The minimum absolute atomic E-state index is 0.00704. The number of aromatic nitrogens is 1. The average Bonchev–Trinajstić information content (AvgIpc) is 2.28. The maximum Gasteiger partial charge on any atom is 0.166 e. The third kappa shape index (κ3) is 3.31. The molecule has 0 fully saturated rings. The Morgan fingerprint density at radius 2 is 2.19 bits per heavy atom. The topological polar surface area (TPSA) is 65.2 Å². The third-order valence-corrected chi connectivity index (χ3v) is 2.55. The van der Waals surface area contributed by atoms with Gasteiger partial charge in [-0.15, -0.1) is 0 Å². The molecule has 0 bridgehead atoms. The predicted molar refractivity (Wildman–Crippen MR) is 62.5 cm³/mol. The van der Waals surface area contributed by atoms with Crippen LogP contribution in [-0.2, 0) is 0 Å². The minimum atomic E-state index is -0.112. The van der Waals surface area contributed by atoms with Crippen molar-refractivity contribution in [1.82, 2.24) is 4.98 Å². The van der Waals surface area contributed by atoms with Gasteiger partial charge in [-0.3, -0.25) is 9.78 Å². The van der Waals surface area contributed by atoms with Gasteiger partial charge in [0.2, 0.25) is 0 Å². The van der Waals surface area contributed by atoms with E-state index < -0.39 is 0 Å². The van der Waals surface area contributed by atoms with E-state index in [1.54, 1.807) is 19.4 Å². The first-order valence-corrected chi connectivity index (χ1v) is 5.32. The van der Waals surface area contributed by atoms with E-state index in [0.717, 1.165) is 0 Å². The molecule has 0 aliphatic heterocycles. The fourth-order valence-corrected chi connectivity index (χ4v) is 1.25. The lowest BCUT2D eigenvalue weighted by Gasteiger charge is -2.14. The highest BCUT2D eigenvalue weighted by Gasteiger charge is 2.15. The summed E-state index contributed by atoms with van der Waals surface area (Å²) in [5.74, 6) is 0.888. The maximum absolute atomic E-state index is 11.9. The first kappa shape index (κ1) is 12.6. The largest absolute Gasteiger partial charge is 0.495 e. The van der Waals surface area contributed by atoms with E-state index in [1.165, 1.54) is 6.20 Å². The lowest BCUT2D eigenvalue weighted by Crippen LogP contribution is -2.29. The summed E-state index contributed by atoms with van der Waals surface area (Å²) < 4.78 is 5.01. The van der Waals surface area contributed by atoms with E-state index in [4.69, 9.17) is 10.5 Å². The second-order valence-electron chi connectivity index (χ2n) is 4.15. The summed E-state index contributed by atoms with van der Waals surface area (Å²) in [4.78, 5) is 15.8. The molecule has 1 heterocycles. The standard InChI is InChI=1S/C12H18N2O2/c1-8(2)11(13)5-12(15)9-4-10(16-3)7-14-6-9/h4,6-8,11H,5,13H2,1-3H3. The number of carbonyl (C=O) groups excluding carboxylic acids is 1.